The number of allylic oxidation sites excluding steroid dienone is 1. The van der Waals surface area contributed by atoms with E-state index in [9.17, 15) is 9.90 Å². The summed E-state index contributed by atoms with van der Waals surface area (Å²) in [5, 5.41) is 16.1. The van der Waals surface area contributed by atoms with E-state index in [1.165, 1.54) is 17.5 Å². The first kappa shape index (κ1) is 14.8. The average molecular weight is 308 g/mol. The Kier molecular flexibility index (Phi) is 4.05. The summed E-state index contributed by atoms with van der Waals surface area (Å²) in [5.74, 6) is -0.434. The summed E-state index contributed by atoms with van der Waals surface area (Å²) >= 11 is 0. The van der Waals surface area contributed by atoms with E-state index >= 15 is 0 Å². The fourth-order valence-electron chi connectivity index (χ4n) is 2.19. The molecule has 0 saturated carbocycles. The molecule has 6 nitrogen and oxygen atoms in total. The summed E-state index contributed by atoms with van der Waals surface area (Å²) in [5.41, 5.74) is 2.96. The lowest BCUT2D eigenvalue weighted by Crippen LogP contribution is -1.99. The number of aliphatic hydroxyl groups excluding tert-OH is 1. The van der Waals surface area contributed by atoms with Crippen molar-refractivity contribution in [3.05, 3.63) is 77.6 Å². The SMILES string of the molecule is Cc1ccc(Cn2ccc(C(O)=CC(=O)c3ncn[nH]3)c2)cc1. The first-order chi connectivity index (χ1) is 11.1. The van der Waals surface area contributed by atoms with E-state index in [0.29, 0.717) is 12.1 Å². The van der Waals surface area contributed by atoms with Crippen LogP contribution in [-0.2, 0) is 6.54 Å². The molecule has 1 aromatic carbocycles. The molecule has 0 aliphatic carbocycles. The quantitative estimate of drug-likeness (QED) is 0.431. The second kappa shape index (κ2) is 6.31. The highest BCUT2D eigenvalue weighted by molar-refractivity contribution is 6.05. The van der Waals surface area contributed by atoms with Crippen LogP contribution in [0.3, 0.4) is 0 Å². The summed E-state index contributed by atoms with van der Waals surface area (Å²) in [4.78, 5) is 15.6. The summed E-state index contributed by atoms with van der Waals surface area (Å²) in [6.45, 7) is 2.75. The van der Waals surface area contributed by atoms with Crippen molar-refractivity contribution in [2.24, 2.45) is 0 Å². The molecule has 116 valence electrons. The van der Waals surface area contributed by atoms with Gasteiger partial charge in [0, 0.05) is 30.6 Å². The smallest absolute Gasteiger partial charge is 0.226 e. The Balaban J connectivity index is 1.73. The summed E-state index contributed by atoms with van der Waals surface area (Å²) in [6.07, 6.45) is 6.03. The normalized spacial score (nSPS) is 11.6. The van der Waals surface area contributed by atoms with E-state index in [-0.39, 0.29) is 11.6 Å². The van der Waals surface area contributed by atoms with Gasteiger partial charge in [0.15, 0.2) is 5.82 Å². The molecule has 0 amide bonds. The van der Waals surface area contributed by atoms with Gasteiger partial charge in [0.05, 0.1) is 0 Å². The number of aliphatic hydroxyl groups is 1. The fraction of sp³-hybridized carbons (Fsp3) is 0.118. The molecule has 2 N–H and O–H groups in total. The highest BCUT2D eigenvalue weighted by atomic mass is 16.3. The summed E-state index contributed by atoms with van der Waals surface area (Å²) < 4.78 is 1.95. The van der Waals surface area contributed by atoms with Crippen LogP contribution in [0.1, 0.15) is 27.3 Å². The number of nitrogens with one attached hydrogen (secondary N) is 1. The number of hydrogen-bond acceptors (Lipinski definition) is 4. The van der Waals surface area contributed by atoms with Crippen molar-refractivity contribution in [2.75, 3.05) is 0 Å². The Morgan fingerprint density at radius 2 is 2.09 bits per heavy atom. The molecule has 0 atom stereocenters. The third-order valence-corrected chi connectivity index (χ3v) is 3.45. The molecule has 0 fully saturated rings. The third kappa shape index (κ3) is 3.55. The summed E-state index contributed by atoms with van der Waals surface area (Å²) in [6, 6.07) is 10.0. The standard InChI is InChI=1S/C17H16N4O2/c1-12-2-4-13(5-3-12)9-21-7-6-14(10-21)15(22)8-16(23)17-18-11-19-20-17/h2-8,10-11,22H,9H2,1H3,(H,18,19,20). The van der Waals surface area contributed by atoms with Crippen LogP contribution in [0.25, 0.3) is 5.76 Å². The van der Waals surface area contributed by atoms with Crippen LogP contribution in [0.2, 0.25) is 0 Å². The minimum Gasteiger partial charge on any atom is -0.507 e. The maximum absolute atomic E-state index is 11.8. The first-order valence-electron chi connectivity index (χ1n) is 7.14. The van der Waals surface area contributed by atoms with E-state index in [0.717, 1.165) is 6.08 Å². The largest absolute Gasteiger partial charge is 0.507 e. The molecule has 0 spiro atoms. The Hall–Kier alpha value is -3.15. The average Bonchev–Trinajstić information content (AvgIpc) is 3.21. The first-order valence-corrected chi connectivity index (χ1v) is 7.14. The number of hydrogen-bond donors (Lipinski definition) is 2. The number of H-pyrrole nitrogens is 1. The van der Waals surface area contributed by atoms with E-state index in [1.54, 1.807) is 12.3 Å². The van der Waals surface area contributed by atoms with Crippen molar-refractivity contribution < 1.29 is 9.90 Å². The molecule has 2 aromatic heterocycles. The van der Waals surface area contributed by atoms with Crippen LogP contribution >= 0.6 is 0 Å². The number of ketones is 1. The van der Waals surface area contributed by atoms with Crippen molar-refractivity contribution in [1.29, 1.82) is 0 Å². The van der Waals surface area contributed by atoms with Crippen LogP contribution in [0, 0.1) is 6.92 Å². The van der Waals surface area contributed by atoms with Crippen molar-refractivity contribution in [3.63, 3.8) is 0 Å². The van der Waals surface area contributed by atoms with Crippen LogP contribution < -0.4 is 0 Å². The maximum atomic E-state index is 11.8. The van der Waals surface area contributed by atoms with E-state index in [2.05, 4.69) is 39.4 Å². The molecule has 0 aliphatic rings. The number of rotatable bonds is 5. The Morgan fingerprint density at radius 1 is 1.30 bits per heavy atom. The van der Waals surface area contributed by atoms with Gasteiger partial charge in [-0.05, 0) is 18.6 Å². The maximum Gasteiger partial charge on any atom is 0.226 e. The lowest BCUT2D eigenvalue weighted by atomic mass is 10.1. The molecule has 0 saturated heterocycles. The highest BCUT2D eigenvalue weighted by Gasteiger charge is 2.09. The summed E-state index contributed by atoms with van der Waals surface area (Å²) in [7, 11) is 0. The van der Waals surface area contributed by atoms with Crippen molar-refractivity contribution in [3.8, 4) is 0 Å². The molecular formula is C17H16N4O2. The molecule has 0 radical (unpaired) electrons. The van der Waals surface area contributed by atoms with Crippen molar-refractivity contribution >= 4 is 11.5 Å². The second-order valence-corrected chi connectivity index (χ2v) is 5.29. The van der Waals surface area contributed by atoms with Crippen LogP contribution in [0.15, 0.2) is 55.1 Å². The third-order valence-electron chi connectivity index (χ3n) is 3.45. The molecule has 0 aliphatic heterocycles. The Bertz CT molecular complexity index is 830. The van der Waals surface area contributed by atoms with Crippen LogP contribution in [0.5, 0.6) is 0 Å². The van der Waals surface area contributed by atoms with Crippen LogP contribution in [-0.4, -0.2) is 30.6 Å². The van der Waals surface area contributed by atoms with Gasteiger partial charge in [-0.15, -0.1) is 0 Å². The predicted molar refractivity (Wildman–Crippen MR) is 86.0 cm³/mol. The van der Waals surface area contributed by atoms with E-state index in [4.69, 9.17) is 0 Å². The van der Waals surface area contributed by atoms with Crippen molar-refractivity contribution in [1.82, 2.24) is 19.7 Å². The number of aromatic amines is 1. The molecule has 6 heteroatoms. The zero-order chi connectivity index (χ0) is 16.2. The zero-order valence-corrected chi connectivity index (χ0v) is 12.6. The van der Waals surface area contributed by atoms with Crippen LogP contribution in [0.4, 0.5) is 0 Å². The minimum atomic E-state index is -0.425. The number of carbonyl (C=O) groups excluding carboxylic acids is 1. The minimum absolute atomic E-state index is 0.0932. The molecule has 0 unspecified atom stereocenters. The van der Waals surface area contributed by atoms with E-state index < -0.39 is 5.78 Å². The number of aromatic nitrogens is 4. The molecule has 3 rings (SSSR count). The molecule has 2 heterocycles. The lowest BCUT2D eigenvalue weighted by molar-refractivity contribution is 0.103. The van der Waals surface area contributed by atoms with Gasteiger partial charge in [0.25, 0.3) is 0 Å². The van der Waals surface area contributed by atoms with Gasteiger partial charge in [0.2, 0.25) is 5.78 Å². The van der Waals surface area contributed by atoms with Gasteiger partial charge in [0.1, 0.15) is 12.1 Å². The van der Waals surface area contributed by atoms with Crippen molar-refractivity contribution in [2.45, 2.75) is 13.5 Å². The zero-order valence-electron chi connectivity index (χ0n) is 12.6. The highest BCUT2D eigenvalue weighted by Crippen LogP contribution is 2.14. The number of benzene rings is 1. The van der Waals surface area contributed by atoms with Gasteiger partial charge in [-0.1, -0.05) is 29.8 Å². The number of nitrogens with zero attached hydrogens (tertiary/aromatic N) is 3. The van der Waals surface area contributed by atoms with Gasteiger partial charge in [-0.3, -0.25) is 9.89 Å². The fourth-order valence-corrected chi connectivity index (χ4v) is 2.19. The number of carbonyl (C=O) groups is 1. The topological polar surface area (TPSA) is 83.8 Å². The Labute approximate surface area is 133 Å². The Morgan fingerprint density at radius 3 is 2.78 bits per heavy atom. The molecular weight excluding hydrogens is 292 g/mol. The van der Waals surface area contributed by atoms with Gasteiger partial charge < -0.3 is 9.67 Å². The molecule has 0 bridgehead atoms. The monoisotopic (exact) mass is 308 g/mol. The van der Waals surface area contributed by atoms with Gasteiger partial charge in [-0.2, -0.15) is 5.10 Å². The number of aryl methyl sites for hydroxylation is 1. The molecule has 3 aromatic rings. The molecule has 23 heavy (non-hydrogen) atoms. The van der Waals surface area contributed by atoms with E-state index in [1.807, 2.05) is 17.7 Å². The lowest BCUT2D eigenvalue weighted by Gasteiger charge is -2.03. The van der Waals surface area contributed by atoms with Gasteiger partial charge in [-0.25, -0.2) is 4.98 Å². The second-order valence-electron chi connectivity index (χ2n) is 5.29. The predicted octanol–water partition coefficient (Wildman–Crippen LogP) is 2.74. The van der Waals surface area contributed by atoms with Gasteiger partial charge >= 0.3 is 0 Å².